The third-order valence-corrected chi connectivity index (χ3v) is 7.13. The normalized spacial score (nSPS) is 19.8. The number of carbonyl (C=O) groups is 1. The van der Waals surface area contributed by atoms with Crippen molar-refractivity contribution in [1.29, 1.82) is 0 Å². The lowest BCUT2D eigenvalue weighted by Gasteiger charge is -2.38. The molecule has 1 aromatic heterocycles. The Kier molecular flexibility index (Phi) is 6.00. The van der Waals surface area contributed by atoms with Gasteiger partial charge in [0.1, 0.15) is 5.82 Å². The number of aromatic nitrogens is 2. The molecule has 0 atom stereocenters. The lowest BCUT2D eigenvalue weighted by Crippen LogP contribution is -2.46. The minimum absolute atomic E-state index is 0.109. The van der Waals surface area contributed by atoms with Crippen molar-refractivity contribution in [3.8, 4) is 0 Å². The Morgan fingerprint density at radius 3 is 2.38 bits per heavy atom. The van der Waals surface area contributed by atoms with Crippen LogP contribution in [0.3, 0.4) is 0 Å². The van der Waals surface area contributed by atoms with E-state index in [0.717, 1.165) is 79.8 Å². The predicted octanol–water partition coefficient (Wildman–Crippen LogP) is 2.73. The molecular formula is C25H34N6O. The number of hydrogen-bond acceptors (Lipinski definition) is 6. The first-order valence-electron chi connectivity index (χ1n) is 12.0. The summed E-state index contributed by atoms with van der Waals surface area (Å²) in [7, 11) is 2.18. The molecule has 0 radical (unpaired) electrons. The summed E-state index contributed by atoms with van der Waals surface area (Å²) in [5.74, 6) is 2.04. The van der Waals surface area contributed by atoms with Crippen molar-refractivity contribution >= 4 is 17.7 Å². The monoisotopic (exact) mass is 434 g/mol. The summed E-state index contributed by atoms with van der Waals surface area (Å²) >= 11 is 0. The molecule has 1 amide bonds. The van der Waals surface area contributed by atoms with Crippen molar-refractivity contribution in [3.05, 3.63) is 46.6 Å². The van der Waals surface area contributed by atoms with Gasteiger partial charge < -0.3 is 19.6 Å². The molecule has 2 aromatic rings. The number of piperidine rings is 1. The lowest BCUT2D eigenvalue weighted by atomic mass is 10.0. The van der Waals surface area contributed by atoms with E-state index in [-0.39, 0.29) is 5.91 Å². The molecule has 2 fully saturated rings. The quantitative estimate of drug-likeness (QED) is 0.741. The van der Waals surface area contributed by atoms with Gasteiger partial charge in [0, 0.05) is 63.4 Å². The molecule has 7 nitrogen and oxygen atoms in total. The fourth-order valence-electron chi connectivity index (χ4n) is 5.06. The molecule has 0 aliphatic carbocycles. The number of likely N-dealkylation sites (N-methyl/N-ethyl adjacent to an activating group) is 1. The molecule has 5 rings (SSSR count). The minimum Gasteiger partial charge on any atom is -0.354 e. The van der Waals surface area contributed by atoms with Gasteiger partial charge in [-0.1, -0.05) is 18.2 Å². The molecule has 0 spiro atoms. The van der Waals surface area contributed by atoms with Gasteiger partial charge in [0.2, 0.25) is 5.95 Å². The molecule has 3 aliphatic heterocycles. The largest absolute Gasteiger partial charge is 0.354 e. The van der Waals surface area contributed by atoms with E-state index >= 15 is 0 Å². The summed E-state index contributed by atoms with van der Waals surface area (Å²) in [5.41, 5.74) is 4.09. The number of fused-ring (bicyclic) bond motifs is 1. The van der Waals surface area contributed by atoms with Gasteiger partial charge in [-0.15, -0.1) is 0 Å². The number of amides is 1. The Balaban J connectivity index is 1.48. The average Bonchev–Trinajstić information content (AvgIpc) is 2.84. The van der Waals surface area contributed by atoms with Crippen LogP contribution in [0.2, 0.25) is 0 Å². The molecule has 170 valence electrons. The van der Waals surface area contributed by atoms with Gasteiger partial charge in [-0.25, -0.2) is 4.98 Å². The van der Waals surface area contributed by atoms with Gasteiger partial charge in [-0.2, -0.15) is 4.98 Å². The number of aryl methyl sites for hydroxylation is 1. The number of carbonyl (C=O) groups excluding carboxylic acids is 1. The summed E-state index contributed by atoms with van der Waals surface area (Å²) < 4.78 is 0. The van der Waals surface area contributed by atoms with Crippen molar-refractivity contribution in [2.75, 3.05) is 62.7 Å². The second-order valence-corrected chi connectivity index (χ2v) is 9.40. The van der Waals surface area contributed by atoms with Crippen LogP contribution in [-0.2, 0) is 13.0 Å². The molecule has 4 heterocycles. The van der Waals surface area contributed by atoms with E-state index in [2.05, 4.69) is 21.7 Å². The molecule has 2 saturated heterocycles. The molecule has 32 heavy (non-hydrogen) atoms. The zero-order chi connectivity index (χ0) is 22.1. The van der Waals surface area contributed by atoms with Crippen LogP contribution >= 0.6 is 0 Å². The Morgan fingerprint density at radius 2 is 1.62 bits per heavy atom. The van der Waals surface area contributed by atoms with Gasteiger partial charge in [-0.05, 0) is 44.9 Å². The standard InChI is InChI=1S/C25H34N6O/c1-19-8-4-5-9-20(19)24(32)31-13-10-22-21(18-31)23(29-16-14-28(2)15-17-29)27-25(26-22)30-11-6-3-7-12-30/h4-5,8-9H,3,6-7,10-18H2,1-2H3. The van der Waals surface area contributed by atoms with Crippen LogP contribution in [0.15, 0.2) is 24.3 Å². The number of piperazine rings is 1. The first-order valence-corrected chi connectivity index (χ1v) is 12.0. The molecule has 3 aliphatic rings. The Labute approximate surface area is 191 Å². The highest BCUT2D eigenvalue weighted by Crippen LogP contribution is 2.31. The van der Waals surface area contributed by atoms with E-state index in [1.165, 1.54) is 19.3 Å². The Hall–Kier alpha value is -2.67. The molecular weight excluding hydrogens is 400 g/mol. The summed E-state index contributed by atoms with van der Waals surface area (Å²) in [4.78, 5) is 32.6. The predicted molar refractivity (Wildman–Crippen MR) is 127 cm³/mol. The molecule has 1 aromatic carbocycles. The van der Waals surface area contributed by atoms with Crippen LogP contribution in [-0.4, -0.2) is 78.5 Å². The van der Waals surface area contributed by atoms with Crippen LogP contribution in [0, 0.1) is 6.92 Å². The van der Waals surface area contributed by atoms with Crippen LogP contribution in [0.1, 0.15) is 46.4 Å². The molecule has 7 heteroatoms. The third-order valence-electron chi connectivity index (χ3n) is 7.13. The summed E-state index contributed by atoms with van der Waals surface area (Å²) in [6.45, 7) is 9.37. The second kappa shape index (κ2) is 9.06. The maximum absolute atomic E-state index is 13.3. The van der Waals surface area contributed by atoms with Gasteiger partial charge >= 0.3 is 0 Å². The van der Waals surface area contributed by atoms with Crippen LogP contribution < -0.4 is 9.80 Å². The van der Waals surface area contributed by atoms with Gasteiger partial charge in [-0.3, -0.25) is 4.79 Å². The molecule has 0 N–H and O–H groups in total. The zero-order valence-electron chi connectivity index (χ0n) is 19.4. The average molecular weight is 435 g/mol. The maximum Gasteiger partial charge on any atom is 0.254 e. The van der Waals surface area contributed by atoms with E-state index in [4.69, 9.17) is 9.97 Å². The van der Waals surface area contributed by atoms with Crippen LogP contribution in [0.25, 0.3) is 0 Å². The van der Waals surface area contributed by atoms with E-state index in [1.807, 2.05) is 36.1 Å². The number of benzene rings is 1. The maximum atomic E-state index is 13.3. The zero-order valence-corrected chi connectivity index (χ0v) is 19.4. The van der Waals surface area contributed by atoms with Crippen molar-refractivity contribution in [1.82, 2.24) is 19.8 Å². The molecule has 0 saturated carbocycles. The van der Waals surface area contributed by atoms with Gasteiger partial charge in [0.05, 0.1) is 12.2 Å². The number of hydrogen-bond donors (Lipinski definition) is 0. The van der Waals surface area contributed by atoms with Gasteiger partial charge in [0.25, 0.3) is 5.91 Å². The highest BCUT2D eigenvalue weighted by Gasteiger charge is 2.30. The number of rotatable bonds is 3. The summed E-state index contributed by atoms with van der Waals surface area (Å²) in [5, 5.41) is 0. The van der Waals surface area contributed by atoms with Crippen LogP contribution in [0.4, 0.5) is 11.8 Å². The lowest BCUT2D eigenvalue weighted by molar-refractivity contribution is 0.0733. The summed E-state index contributed by atoms with van der Waals surface area (Å²) in [6.07, 6.45) is 4.51. The minimum atomic E-state index is 0.109. The summed E-state index contributed by atoms with van der Waals surface area (Å²) in [6, 6.07) is 7.88. The third kappa shape index (κ3) is 4.18. The highest BCUT2D eigenvalue weighted by atomic mass is 16.2. The number of nitrogens with zero attached hydrogens (tertiary/aromatic N) is 6. The van der Waals surface area contributed by atoms with E-state index in [9.17, 15) is 4.79 Å². The van der Waals surface area contributed by atoms with Crippen molar-refractivity contribution in [2.45, 2.75) is 39.2 Å². The fourth-order valence-corrected chi connectivity index (χ4v) is 5.06. The topological polar surface area (TPSA) is 55.8 Å². The van der Waals surface area contributed by atoms with E-state index in [1.54, 1.807) is 0 Å². The van der Waals surface area contributed by atoms with E-state index in [0.29, 0.717) is 13.1 Å². The Morgan fingerprint density at radius 1 is 0.875 bits per heavy atom. The Bertz CT molecular complexity index is 978. The van der Waals surface area contributed by atoms with Gasteiger partial charge in [0.15, 0.2) is 0 Å². The second-order valence-electron chi connectivity index (χ2n) is 9.40. The van der Waals surface area contributed by atoms with Crippen molar-refractivity contribution < 1.29 is 4.79 Å². The van der Waals surface area contributed by atoms with E-state index < -0.39 is 0 Å². The number of anilines is 2. The SMILES string of the molecule is Cc1ccccc1C(=O)N1CCc2nc(N3CCCCC3)nc(N3CCN(C)CC3)c2C1. The van der Waals surface area contributed by atoms with Crippen molar-refractivity contribution in [3.63, 3.8) is 0 Å². The highest BCUT2D eigenvalue weighted by molar-refractivity contribution is 5.95. The molecule has 0 bridgehead atoms. The van der Waals surface area contributed by atoms with Crippen LogP contribution in [0.5, 0.6) is 0 Å². The smallest absolute Gasteiger partial charge is 0.254 e. The first kappa shape index (κ1) is 21.2. The van der Waals surface area contributed by atoms with Crippen molar-refractivity contribution in [2.24, 2.45) is 0 Å². The fraction of sp³-hybridized carbons (Fsp3) is 0.560. The first-order chi connectivity index (χ1) is 15.6. The molecule has 0 unspecified atom stereocenters.